The predicted molar refractivity (Wildman–Crippen MR) is 46.1 cm³/mol. The first-order valence-corrected chi connectivity index (χ1v) is 4.06. The van der Waals surface area contributed by atoms with Crippen LogP contribution in [0.25, 0.3) is 0 Å². The molecule has 1 aromatic rings. The number of alkyl halides is 2. The van der Waals surface area contributed by atoms with Gasteiger partial charge < -0.3 is 5.11 Å². The lowest BCUT2D eigenvalue weighted by molar-refractivity contribution is 0.107. The van der Waals surface area contributed by atoms with Crippen molar-refractivity contribution in [2.45, 2.75) is 6.43 Å². The van der Waals surface area contributed by atoms with Crippen LogP contribution in [0.2, 0.25) is 5.02 Å². The van der Waals surface area contributed by atoms with Gasteiger partial charge in [0.25, 0.3) is 11.7 Å². The van der Waals surface area contributed by atoms with Crippen LogP contribution in [0.3, 0.4) is 0 Å². The Labute approximate surface area is 87.3 Å². The highest BCUT2D eigenvalue weighted by molar-refractivity contribution is 6.67. The molecule has 0 aliphatic carbocycles. The summed E-state index contributed by atoms with van der Waals surface area (Å²) in [5.41, 5.74) is -1.19. The summed E-state index contributed by atoms with van der Waals surface area (Å²) in [5, 5.41) is 7.49. The summed E-state index contributed by atoms with van der Waals surface area (Å²) < 4.78 is 24.4. The Kier molecular flexibility index (Phi) is 3.23. The Hall–Kier alpha value is -0.940. The molecular formula is C7H3Cl2F2NO2. The first-order chi connectivity index (χ1) is 6.45. The van der Waals surface area contributed by atoms with Crippen molar-refractivity contribution in [3.05, 3.63) is 22.5 Å². The molecule has 0 saturated heterocycles. The van der Waals surface area contributed by atoms with E-state index in [4.69, 9.17) is 28.3 Å². The highest BCUT2D eigenvalue weighted by atomic mass is 35.5. The van der Waals surface area contributed by atoms with Crippen molar-refractivity contribution in [1.29, 1.82) is 0 Å². The monoisotopic (exact) mass is 241 g/mol. The van der Waals surface area contributed by atoms with Crippen molar-refractivity contribution in [2.24, 2.45) is 0 Å². The van der Waals surface area contributed by atoms with Crippen molar-refractivity contribution in [3.8, 4) is 5.75 Å². The molecule has 0 spiro atoms. The molecule has 0 saturated carbocycles. The number of aromatic hydroxyl groups is 1. The molecule has 1 rings (SSSR count). The summed E-state index contributed by atoms with van der Waals surface area (Å²) in [6.07, 6.45) is -2.18. The number of hydrogen-bond acceptors (Lipinski definition) is 3. The fraction of sp³-hybridized carbons (Fsp3) is 0.143. The molecule has 76 valence electrons. The van der Waals surface area contributed by atoms with Crippen LogP contribution in [0.15, 0.2) is 6.20 Å². The van der Waals surface area contributed by atoms with Crippen molar-refractivity contribution in [2.75, 3.05) is 0 Å². The van der Waals surface area contributed by atoms with Gasteiger partial charge in [0.2, 0.25) is 0 Å². The van der Waals surface area contributed by atoms with Crippen LogP contribution in [0, 0.1) is 0 Å². The summed E-state index contributed by atoms with van der Waals surface area (Å²) >= 11 is 10.4. The summed E-state index contributed by atoms with van der Waals surface area (Å²) in [6, 6.07) is 0. The van der Waals surface area contributed by atoms with E-state index < -0.39 is 33.7 Å². The average Bonchev–Trinajstić information content (AvgIpc) is 2.08. The quantitative estimate of drug-likeness (QED) is 0.811. The van der Waals surface area contributed by atoms with Crippen LogP contribution >= 0.6 is 23.2 Å². The second-order valence-corrected chi connectivity index (χ2v) is 3.02. The minimum absolute atomic E-state index is 0.541. The van der Waals surface area contributed by atoms with Crippen LogP contribution < -0.4 is 0 Å². The topological polar surface area (TPSA) is 50.2 Å². The van der Waals surface area contributed by atoms with Crippen LogP contribution in [0.5, 0.6) is 5.75 Å². The molecule has 3 nitrogen and oxygen atoms in total. The summed E-state index contributed by atoms with van der Waals surface area (Å²) in [7, 11) is 0. The van der Waals surface area contributed by atoms with Crippen LogP contribution in [-0.4, -0.2) is 15.3 Å². The van der Waals surface area contributed by atoms with Gasteiger partial charge in [-0.1, -0.05) is 11.6 Å². The maximum Gasteiger partial charge on any atom is 0.274 e. The number of rotatable bonds is 2. The number of nitrogens with zero attached hydrogens (tertiary/aromatic N) is 1. The van der Waals surface area contributed by atoms with E-state index in [9.17, 15) is 13.6 Å². The van der Waals surface area contributed by atoms with Gasteiger partial charge in [-0.25, -0.2) is 13.8 Å². The molecule has 1 N–H and O–H groups in total. The maximum absolute atomic E-state index is 12.2. The first kappa shape index (κ1) is 11.1. The zero-order chi connectivity index (χ0) is 10.9. The molecule has 0 aromatic carbocycles. The Morgan fingerprint density at radius 1 is 1.57 bits per heavy atom. The lowest BCUT2D eigenvalue weighted by Gasteiger charge is -2.05. The molecule has 0 fully saturated rings. The van der Waals surface area contributed by atoms with Crippen molar-refractivity contribution in [1.82, 2.24) is 4.98 Å². The highest BCUT2D eigenvalue weighted by Crippen LogP contribution is 2.35. The normalized spacial score (nSPS) is 10.6. The van der Waals surface area contributed by atoms with Gasteiger partial charge in [-0.2, -0.15) is 0 Å². The van der Waals surface area contributed by atoms with E-state index in [1.54, 1.807) is 0 Å². The first-order valence-electron chi connectivity index (χ1n) is 3.30. The minimum atomic E-state index is -2.87. The molecule has 0 aliphatic rings. The zero-order valence-corrected chi connectivity index (χ0v) is 7.98. The average molecular weight is 242 g/mol. The number of halogens is 4. The van der Waals surface area contributed by atoms with Crippen LogP contribution in [0.4, 0.5) is 8.78 Å². The minimum Gasteiger partial charge on any atom is -0.504 e. The summed E-state index contributed by atoms with van der Waals surface area (Å²) in [4.78, 5) is 13.9. The second kappa shape index (κ2) is 4.06. The van der Waals surface area contributed by atoms with Gasteiger partial charge in [0.15, 0.2) is 11.4 Å². The standard InChI is InChI=1S/C7H3Cl2F2NO2/c8-3-2(7(10)11)1-12-4(5(3)13)6(9)14/h1,7,13H. The van der Waals surface area contributed by atoms with Crippen LogP contribution in [-0.2, 0) is 0 Å². The Morgan fingerprint density at radius 2 is 2.14 bits per heavy atom. The molecule has 7 heteroatoms. The number of hydrogen-bond donors (Lipinski definition) is 1. The van der Waals surface area contributed by atoms with E-state index in [1.165, 1.54) is 0 Å². The van der Waals surface area contributed by atoms with Crippen molar-refractivity contribution in [3.63, 3.8) is 0 Å². The molecule has 0 unspecified atom stereocenters. The van der Waals surface area contributed by atoms with Gasteiger partial charge in [0.05, 0.1) is 10.6 Å². The number of aromatic nitrogens is 1. The SMILES string of the molecule is O=C(Cl)c1ncc(C(F)F)c(Cl)c1O. The highest BCUT2D eigenvalue weighted by Gasteiger charge is 2.21. The van der Waals surface area contributed by atoms with E-state index in [2.05, 4.69) is 4.98 Å². The van der Waals surface area contributed by atoms with Gasteiger partial charge in [-0.15, -0.1) is 0 Å². The molecule has 0 aliphatic heterocycles. The molecule has 0 bridgehead atoms. The van der Waals surface area contributed by atoms with Crippen LogP contribution in [0.1, 0.15) is 22.5 Å². The third-order valence-corrected chi connectivity index (χ3v) is 2.02. The van der Waals surface area contributed by atoms with Gasteiger partial charge in [0.1, 0.15) is 0 Å². The van der Waals surface area contributed by atoms with Gasteiger partial charge >= 0.3 is 0 Å². The summed E-state index contributed by atoms with van der Waals surface area (Å²) in [5.74, 6) is -0.829. The largest absolute Gasteiger partial charge is 0.504 e. The Bertz CT molecular complexity index is 384. The predicted octanol–water partition coefficient (Wildman–Crippen LogP) is 2.76. The van der Waals surface area contributed by atoms with Gasteiger partial charge in [-0.05, 0) is 11.6 Å². The molecule has 1 aromatic heterocycles. The number of carbonyl (C=O) groups excluding carboxylic acids is 1. The second-order valence-electron chi connectivity index (χ2n) is 2.30. The fourth-order valence-corrected chi connectivity index (χ4v) is 1.15. The van der Waals surface area contributed by atoms with E-state index >= 15 is 0 Å². The summed E-state index contributed by atoms with van der Waals surface area (Å²) in [6.45, 7) is 0. The number of pyridine rings is 1. The zero-order valence-electron chi connectivity index (χ0n) is 6.47. The third kappa shape index (κ3) is 1.93. The molecule has 0 atom stereocenters. The smallest absolute Gasteiger partial charge is 0.274 e. The third-order valence-electron chi connectivity index (χ3n) is 1.44. The van der Waals surface area contributed by atoms with E-state index in [1.807, 2.05) is 0 Å². The van der Waals surface area contributed by atoms with E-state index in [-0.39, 0.29) is 0 Å². The molecular weight excluding hydrogens is 239 g/mol. The lowest BCUT2D eigenvalue weighted by Crippen LogP contribution is -1.98. The lowest BCUT2D eigenvalue weighted by atomic mass is 10.2. The van der Waals surface area contributed by atoms with E-state index in [0.29, 0.717) is 6.20 Å². The maximum atomic E-state index is 12.2. The van der Waals surface area contributed by atoms with Crippen molar-refractivity contribution < 1.29 is 18.7 Å². The van der Waals surface area contributed by atoms with E-state index in [0.717, 1.165) is 0 Å². The fourth-order valence-electron chi connectivity index (χ4n) is 0.789. The van der Waals surface area contributed by atoms with Gasteiger partial charge in [-0.3, -0.25) is 4.79 Å². The molecule has 0 radical (unpaired) electrons. The number of carbonyl (C=O) groups is 1. The van der Waals surface area contributed by atoms with Crippen molar-refractivity contribution >= 4 is 28.4 Å². The Balaban J connectivity index is 3.33. The molecule has 0 amide bonds. The molecule has 14 heavy (non-hydrogen) atoms. The Morgan fingerprint density at radius 3 is 2.57 bits per heavy atom. The molecule has 1 heterocycles. The van der Waals surface area contributed by atoms with Gasteiger partial charge in [0, 0.05) is 6.20 Å².